The van der Waals surface area contributed by atoms with E-state index in [4.69, 9.17) is 28.4 Å². The van der Waals surface area contributed by atoms with Gasteiger partial charge in [-0.05, 0) is 11.6 Å². The van der Waals surface area contributed by atoms with E-state index in [1.165, 1.54) is 0 Å². The molecule has 5 N–H and O–H groups in total. The molecule has 0 aromatic heterocycles. The van der Waals surface area contributed by atoms with Crippen LogP contribution < -0.4 is 17.0 Å². The van der Waals surface area contributed by atoms with E-state index in [0.717, 1.165) is 16.7 Å². The first kappa shape index (κ1) is 13.9. The Morgan fingerprint density at radius 3 is 2.30 bits per heavy atom. The number of hydrogen-bond donors (Lipinski definition) is 3. The zero-order chi connectivity index (χ0) is 14.5. The van der Waals surface area contributed by atoms with Gasteiger partial charge in [0.2, 0.25) is 0 Å². The molecule has 0 fully saturated rings. The van der Waals surface area contributed by atoms with Crippen molar-refractivity contribution in [3.8, 4) is 17.2 Å². The third kappa shape index (κ3) is 2.75. The summed E-state index contributed by atoms with van der Waals surface area (Å²) in [5, 5.41) is 9.56. The number of nitrogens with zero attached hydrogens (tertiary/aromatic N) is 1. The molecule has 0 aliphatic carbocycles. The number of hydrazine groups is 1. The van der Waals surface area contributed by atoms with E-state index in [2.05, 4.69) is 5.43 Å². The van der Waals surface area contributed by atoms with Crippen LogP contribution in [0.3, 0.4) is 0 Å². The number of nitriles is 1. The molecule has 2 rings (SSSR count). The smallest absolute Gasteiger partial charge is 0.151 e. The fraction of sp³-hybridized carbons (Fsp3) is 0. The molecule has 20 heavy (non-hydrogen) atoms. The summed E-state index contributed by atoms with van der Waals surface area (Å²) in [6.45, 7) is 0. The van der Waals surface area contributed by atoms with Crippen molar-refractivity contribution in [2.24, 2.45) is 11.6 Å². The SMILES string of the molecule is N#C/C(NN)=C(/N)c1ccc(-c2ccccc2Cl)cc1. The predicted molar refractivity (Wildman–Crippen MR) is 80.9 cm³/mol. The summed E-state index contributed by atoms with van der Waals surface area (Å²) in [6.07, 6.45) is 0. The van der Waals surface area contributed by atoms with Crippen LogP contribution in [0.2, 0.25) is 5.02 Å². The Bertz CT molecular complexity index is 684. The fourth-order valence-electron chi connectivity index (χ4n) is 1.84. The molecule has 4 nitrogen and oxygen atoms in total. The lowest BCUT2D eigenvalue weighted by molar-refractivity contribution is 0.920. The van der Waals surface area contributed by atoms with Crippen molar-refractivity contribution in [1.82, 2.24) is 5.43 Å². The minimum atomic E-state index is 0.135. The molecule has 0 heterocycles. The summed E-state index contributed by atoms with van der Waals surface area (Å²) in [5.74, 6) is 5.23. The van der Waals surface area contributed by atoms with Crippen LogP contribution in [0.25, 0.3) is 16.8 Å². The van der Waals surface area contributed by atoms with Gasteiger partial charge in [-0.15, -0.1) is 0 Å². The van der Waals surface area contributed by atoms with Crippen LogP contribution in [0.5, 0.6) is 0 Å². The van der Waals surface area contributed by atoms with E-state index in [1.807, 2.05) is 54.6 Å². The van der Waals surface area contributed by atoms with Gasteiger partial charge >= 0.3 is 0 Å². The van der Waals surface area contributed by atoms with Crippen molar-refractivity contribution in [3.63, 3.8) is 0 Å². The van der Waals surface area contributed by atoms with E-state index in [0.29, 0.717) is 10.7 Å². The maximum Gasteiger partial charge on any atom is 0.151 e. The largest absolute Gasteiger partial charge is 0.396 e. The zero-order valence-electron chi connectivity index (χ0n) is 10.6. The maximum atomic E-state index is 8.88. The summed E-state index contributed by atoms with van der Waals surface area (Å²) in [4.78, 5) is 0. The van der Waals surface area contributed by atoms with Gasteiger partial charge in [-0.3, -0.25) is 0 Å². The topological polar surface area (TPSA) is 87.9 Å². The first-order chi connectivity index (χ1) is 9.67. The van der Waals surface area contributed by atoms with Gasteiger partial charge in [0.15, 0.2) is 5.70 Å². The number of rotatable bonds is 3. The third-order valence-corrected chi connectivity index (χ3v) is 3.24. The van der Waals surface area contributed by atoms with E-state index >= 15 is 0 Å². The van der Waals surface area contributed by atoms with Crippen LogP contribution in [0, 0.1) is 11.3 Å². The number of benzene rings is 2. The summed E-state index contributed by atoms with van der Waals surface area (Å²) in [7, 11) is 0. The van der Waals surface area contributed by atoms with E-state index < -0.39 is 0 Å². The highest BCUT2D eigenvalue weighted by Crippen LogP contribution is 2.28. The minimum Gasteiger partial charge on any atom is -0.396 e. The molecule has 0 aliphatic rings. The van der Waals surface area contributed by atoms with Crippen molar-refractivity contribution in [2.45, 2.75) is 0 Å². The molecule has 0 spiro atoms. The Morgan fingerprint density at radius 1 is 1.10 bits per heavy atom. The van der Waals surface area contributed by atoms with Gasteiger partial charge in [0.05, 0.1) is 5.70 Å². The second-order valence-corrected chi connectivity index (χ2v) is 4.51. The van der Waals surface area contributed by atoms with Crippen molar-refractivity contribution in [3.05, 3.63) is 64.8 Å². The average Bonchev–Trinajstić information content (AvgIpc) is 2.49. The van der Waals surface area contributed by atoms with E-state index in [9.17, 15) is 0 Å². The molecule has 2 aromatic carbocycles. The maximum absolute atomic E-state index is 8.88. The summed E-state index contributed by atoms with van der Waals surface area (Å²) >= 11 is 6.15. The van der Waals surface area contributed by atoms with Gasteiger partial charge in [-0.2, -0.15) is 5.26 Å². The van der Waals surface area contributed by atoms with E-state index in [-0.39, 0.29) is 5.70 Å². The standard InChI is InChI=1S/C15H13ClN4/c16-13-4-2-1-3-12(13)10-5-7-11(8-6-10)15(18)14(9-17)20-19/h1-8,20H,18-19H2/b15-14-. The highest BCUT2D eigenvalue weighted by atomic mass is 35.5. The lowest BCUT2D eigenvalue weighted by atomic mass is 10.0. The Labute approximate surface area is 122 Å². The first-order valence-corrected chi connectivity index (χ1v) is 6.27. The zero-order valence-corrected chi connectivity index (χ0v) is 11.4. The van der Waals surface area contributed by atoms with Gasteiger partial charge in [-0.1, -0.05) is 54.1 Å². The molecule has 0 bridgehead atoms. The predicted octanol–water partition coefficient (Wildman–Crippen LogP) is 2.62. The average molecular weight is 285 g/mol. The van der Waals surface area contributed by atoms with Gasteiger partial charge < -0.3 is 11.2 Å². The summed E-state index contributed by atoms with van der Waals surface area (Å²) in [5.41, 5.74) is 11.2. The molecule has 0 aliphatic heterocycles. The number of hydrogen-bond acceptors (Lipinski definition) is 4. The van der Waals surface area contributed by atoms with E-state index in [1.54, 1.807) is 0 Å². The van der Waals surface area contributed by atoms with Gasteiger partial charge in [0.25, 0.3) is 0 Å². The number of nitrogens with two attached hydrogens (primary N) is 2. The van der Waals surface area contributed by atoms with Crippen LogP contribution in [0.1, 0.15) is 5.56 Å². The molecular formula is C15H13ClN4. The fourth-order valence-corrected chi connectivity index (χ4v) is 2.08. The normalized spacial score (nSPS) is 11.4. The highest BCUT2D eigenvalue weighted by molar-refractivity contribution is 6.33. The summed E-state index contributed by atoms with van der Waals surface area (Å²) in [6, 6.07) is 16.9. The molecule has 5 heteroatoms. The van der Waals surface area contributed by atoms with Gasteiger partial charge in [0, 0.05) is 16.1 Å². The molecule has 0 atom stereocenters. The number of allylic oxidation sites excluding steroid dienone is 1. The van der Waals surface area contributed by atoms with Crippen molar-refractivity contribution >= 4 is 17.3 Å². The van der Waals surface area contributed by atoms with Crippen molar-refractivity contribution in [2.75, 3.05) is 0 Å². The van der Waals surface area contributed by atoms with Crippen LogP contribution in [0.15, 0.2) is 54.2 Å². The Balaban J connectivity index is 2.40. The molecule has 0 saturated heterocycles. The van der Waals surface area contributed by atoms with Gasteiger partial charge in [-0.25, -0.2) is 5.84 Å². The van der Waals surface area contributed by atoms with Crippen LogP contribution >= 0.6 is 11.6 Å². The number of nitrogens with one attached hydrogen (secondary N) is 1. The second-order valence-electron chi connectivity index (χ2n) is 4.10. The van der Waals surface area contributed by atoms with Crippen LogP contribution in [-0.4, -0.2) is 0 Å². The molecule has 0 saturated carbocycles. The monoisotopic (exact) mass is 284 g/mol. The lowest BCUT2D eigenvalue weighted by Crippen LogP contribution is -2.23. The highest BCUT2D eigenvalue weighted by Gasteiger charge is 2.06. The first-order valence-electron chi connectivity index (χ1n) is 5.89. The van der Waals surface area contributed by atoms with Crippen molar-refractivity contribution < 1.29 is 0 Å². The van der Waals surface area contributed by atoms with Gasteiger partial charge in [0.1, 0.15) is 6.07 Å². The quantitative estimate of drug-likeness (QED) is 0.459. The second kappa shape index (κ2) is 6.11. The minimum absolute atomic E-state index is 0.135. The number of halogens is 1. The molecule has 0 amide bonds. The Morgan fingerprint density at radius 2 is 1.75 bits per heavy atom. The van der Waals surface area contributed by atoms with Crippen molar-refractivity contribution in [1.29, 1.82) is 5.26 Å². The molecule has 0 unspecified atom stereocenters. The molecule has 2 aromatic rings. The Kier molecular flexibility index (Phi) is 4.26. The van der Waals surface area contributed by atoms with Crippen LogP contribution in [-0.2, 0) is 0 Å². The lowest BCUT2D eigenvalue weighted by Gasteiger charge is -2.08. The molecule has 100 valence electrons. The molecule has 0 radical (unpaired) electrons. The summed E-state index contributed by atoms with van der Waals surface area (Å²) < 4.78 is 0. The third-order valence-electron chi connectivity index (χ3n) is 2.91. The Hall–Kier alpha value is -2.48. The van der Waals surface area contributed by atoms with Crippen LogP contribution in [0.4, 0.5) is 0 Å². The molecular weight excluding hydrogens is 272 g/mol.